The third-order valence-corrected chi connectivity index (χ3v) is 3.53. The molecule has 0 saturated heterocycles. The van der Waals surface area contributed by atoms with E-state index in [2.05, 4.69) is 13.5 Å². The second-order valence-electron chi connectivity index (χ2n) is 3.83. The van der Waals surface area contributed by atoms with Crippen LogP contribution in [-0.2, 0) is 0 Å². The van der Waals surface area contributed by atoms with Gasteiger partial charge in [0.15, 0.2) is 0 Å². The largest absolute Gasteiger partial charge is 0.327 e. The summed E-state index contributed by atoms with van der Waals surface area (Å²) in [6.45, 7) is 6.03. The monoisotopic (exact) mass is 239 g/mol. The Bertz CT molecular complexity index is 334. The maximum Gasteiger partial charge on any atom is 0.123 e. The lowest BCUT2D eigenvalue weighted by molar-refractivity contribution is 0.626. The van der Waals surface area contributed by atoms with E-state index in [1.54, 1.807) is 23.9 Å². The van der Waals surface area contributed by atoms with E-state index in [0.717, 1.165) is 23.5 Å². The van der Waals surface area contributed by atoms with E-state index in [1.165, 1.54) is 17.7 Å². The van der Waals surface area contributed by atoms with E-state index in [1.807, 2.05) is 0 Å². The second-order valence-corrected chi connectivity index (χ2v) is 4.93. The van der Waals surface area contributed by atoms with E-state index in [-0.39, 0.29) is 11.9 Å². The molecule has 16 heavy (non-hydrogen) atoms. The third kappa shape index (κ3) is 4.81. The van der Waals surface area contributed by atoms with Gasteiger partial charge in [0.1, 0.15) is 5.82 Å². The molecule has 0 aliphatic heterocycles. The van der Waals surface area contributed by atoms with E-state index in [0.29, 0.717) is 0 Å². The van der Waals surface area contributed by atoms with Gasteiger partial charge in [-0.1, -0.05) is 19.1 Å². The first-order chi connectivity index (χ1) is 7.61. The average molecular weight is 239 g/mol. The van der Waals surface area contributed by atoms with Crippen LogP contribution in [-0.4, -0.2) is 11.8 Å². The Hall–Kier alpha value is -0.800. The Labute approximate surface area is 101 Å². The molecule has 1 nitrogen and oxygen atoms in total. The number of rotatable bonds is 6. The van der Waals surface area contributed by atoms with Gasteiger partial charge in [0.2, 0.25) is 0 Å². The Morgan fingerprint density at radius 3 is 2.62 bits per heavy atom. The summed E-state index contributed by atoms with van der Waals surface area (Å²) in [5.41, 5.74) is 7.16. The normalized spacial score (nSPS) is 12.4. The smallest absolute Gasteiger partial charge is 0.123 e. The molecule has 2 N–H and O–H groups in total. The van der Waals surface area contributed by atoms with Crippen molar-refractivity contribution in [2.24, 2.45) is 5.73 Å². The minimum absolute atomic E-state index is 0.127. The molecule has 1 aromatic carbocycles. The third-order valence-electron chi connectivity index (χ3n) is 2.33. The molecule has 0 fully saturated rings. The van der Waals surface area contributed by atoms with Crippen LogP contribution in [0.25, 0.3) is 0 Å². The lowest BCUT2D eigenvalue weighted by atomic mass is 10.1. The van der Waals surface area contributed by atoms with Gasteiger partial charge in [-0.25, -0.2) is 4.39 Å². The van der Waals surface area contributed by atoms with Gasteiger partial charge in [-0.15, -0.1) is 11.8 Å². The summed E-state index contributed by atoms with van der Waals surface area (Å²) in [5.74, 6) is 0.637. The quantitative estimate of drug-likeness (QED) is 0.606. The fourth-order valence-corrected chi connectivity index (χ4v) is 2.16. The van der Waals surface area contributed by atoms with Crippen LogP contribution in [0.5, 0.6) is 0 Å². The number of benzene rings is 1. The molecule has 0 aliphatic carbocycles. The average Bonchev–Trinajstić information content (AvgIpc) is 2.28. The zero-order chi connectivity index (χ0) is 12.0. The van der Waals surface area contributed by atoms with Crippen LogP contribution >= 0.6 is 11.8 Å². The molecule has 0 heterocycles. The summed E-state index contributed by atoms with van der Waals surface area (Å²) in [4.78, 5) is 1.05. The maximum atomic E-state index is 12.7. The molecule has 1 unspecified atom stereocenters. The molecule has 88 valence electrons. The van der Waals surface area contributed by atoms with Crippen molar-refractivity contribution < 1.29 is 4.39 Å². The molecular formula is C13H18FNS. The van der Waals surface area contributed by atoms with Crippen molar-refractivity contribution >= 4 is 11.8 Å². The number of hydrogen-bond acceptors (Lipinski definition) is 2. The van der Waals surface area contributed by atoms with Crippen LogP contribution in [0.3, 0.4) is 0 Å². The maximum absolute atomic E-state index is 12.7. The highest BCUT2D eigenvalue weighted by Crippen LogP contribution is 2.20. The topological polar surface area (TPSA) is 26.0 Å². The van der Waals surface area contributed by atoms with Crippen LogP contribution in [0, 0.1) is 5.82 Å². The molecule has 1 rings (SSSR count). The standard InChI is InChI=1S/C13H18FNS/c1-3-10(2)8-12(15)9-16-13-6-4-11(14)5-7-13/h4-7,12H,2-3,8-9,15H2,1H3. The zero-order valence-corrected chi connectivity index (χ0v) is 10.4. The van der Waals surface area contributed by atoms with Crippen molar-refractivity contribution in [2.75, 3.05) is 5.75 Å². The highest BCUT2D eigenvalue weighted by atomic mass is 32.2. The van der Waals surface area contributed by atoms with Gasteiger partial charge in [-0.05, 0) is 37.1 Å². The summed E-state index contributed by atoms with van der Waals surface area (Å²) in [7, 11) is 0. The summed E-state index contributed by atoms with van der Waals surface area (Å²) in [6, 6.07) is 6.63. The van der Waals surface area contributed by atoms with Gasteiger partial charge in [-0.3, -0.25) is 0 Å². The van der Waals surface area contributed by atoms with Crippen molar-refractivity contribution in [1.29, 1.82) is 0 Å². The minimum Gasteiger partial charge on any atom is -0.327 e. The molecule has 1 aromatic rings. The first kappa shape index (κ1) is 13.3. The first-order valence-corrected chi connectivity index (χ1v) is 6.41. The van der Waals surface area contributed by atoms with E-state index in [4.69, 9.17) is 5.73 Å². The molecule has 0 radical (unpaired) electrons. The van der Waals surface area contributed by atoms with Crippen molar-refractivity contribution in [2.45, 2.75) is 30.7 Å². The van der Waals surface area contributed by atoms with Gasteiger partial charge >= 0.3 is 0 Å². The summed E-state index contributed by atoms with van der Waals surface area (Å²) in [6.07, 6.45) is 1.85. The SMILES string of the molecule is C=C(CC)CC(N)CSc1ccc(F)cc1. The number of nitrogens with two attached hydrogens (primary N) is 1. The predicted octanol–water partition coefficient (Wildman–Crippen LogP) is 3.60. The van der Waals surface area contributed by atoms with E-state index < -0.39 is 0 Å². The zero-order valence-electron chi connectivity index (χ0n) is 9.58. The van der Waals surface area contributed by atoms with Gasteiger partial charge in [-0.2, -0.15) is 0 Å². The van der Waals surface area contributed by atoms with Crippen LogP contribution in [0.4, 0.5) is 4.39 Å². The van der Waals surface area contributed by atoms with E-state index >= 15 is 0 Å². The number of halogens is 1. The van der Waals surface area contributed by atoms with Crippen LogP contribution in [0.1, 0.15) is 19.8 Å². The highest BCUT2D eigenvalue weighted by Gasteiger charge is 2.05. The van der Waals surface area contributed by atoms with Gasteiger partial charge in [0.25, 0.3) is 0 Å². The lowest BCUT2D eigenvalue weighted by Gasteiger charge is -2.12. The van der Waals surface area contributed by atoms with Crippen LogP contribution in [0.2, 0.25) is 0 Å². The van der Waals surface area contributed by atoms with E-state index in [9.17, 15) is 4.39 Å². The molecule has 3 heteroatoms. The number of thioether (sulfide) groups is 1. The fraction of sp³-hybridized carbons (Fsp3) is 0.385. The Balaban J connectivity index is 2.34. The number of hydrogen-bond donors (Lipinski definition) is 1. The molecular weight excluding hydrogens is 221 g/mol. The van der Waals surface area contributed by atoms with Crippen molar-refractivity contribution in [3.63, 3.8) is 0 Å². The molecule has 1 atom stereocenters. The van der Waals surface area contributed by atoms with Crippen molar-refractivity contribution in [1.82, 2.24) is 0 Å². The summed E-state index contributed by atoms with van der Waals surface area (Å²) in [5, 5.41) is 0. The second kappa shape index (κ2) is 6.71. The van der Waals surface area contributed by atoms with Crippen LogP contribution in [0.15, 0.2) is 41.3 Å². The first-order valence-electron chi connectivity index (χ1n) is 5.42. The Kier molecular flexibility index (Phi) is 5.56. The molecule has 0 bridgehead atoms. The fourth-order valence-electron chi connectivity index (χ4n) is 1.31. The van der Waals surface area contributed by atoms with Gasteiger partial charge in [0, 0.05) is 16.7 Å². The van der Waals surface area contributed by atoms with Crippen molar-refractivity contribution in [3.8, 4) is 0 Å². The Morgan fingerprint density at radius 2 is 2.06 bits per heavy atom. The van der Waals surface area contributed by atoms with Crippen LogP contribution < -0.4 is 5.73 Å². The molecule has 0 saturated carbocycles. The highest BCUT2D eigenvalue weighted by molar-refractivity contribution is 7.99. The predicted molar refractivity (Wildman–Crippen MR) is 69.1 cm³/mol. The van der Waals surface area contributed by atoms with Gasteiger partial charge in [0.05, 0.1) is 0 Å². The van der Waals surface area contributed by atoms with Crippen molar-refractivity contribution in [3.05, 3.63) is 42.2 Å². The Morgan fingerprint density at radius 1 is 1.44 bits per heavy atom. The lowest BCUT2D eigenvalue weighted by Crippen LogP contribution is -2.23. The summed E-state index contributed by atoms with van der Waals surface area (Å²) < 4.78 is 12.7. The molecule has 0 aliphatic rings. The molecule has 0 aromatic heterocycles. The summed E-state index contributed by atoms with van der Waals surface area (Å²) >= 11 is 1.66. The molecule has 0 spiro atoms. The molecule has 0 amide bonds. The van der Waals surface area contributed by atoms with Gasteiger partial charge < -0.3 is 5.73 Å². The minimum atomic E-state index is -0.201.